The van der Waals surface area contributed by atoms with Gasteiger partial charge in [0.25, 0.3) is 0 Å². The average Bonchev–Trinajstić information content (AvgIpc) is 2.22. The molecule has 0 rings (SSSR count). The Morgan fingerprint density at radius 1 is 1.11 bits per heavy atom. The van der Waals surface area contributed by atoms with Gasteiger partial charge in [0, 0.05) is 22.5 Å². The molecular weight excluding hydrogens is 280 g/mol. The number of esters is 1. The number of carbonyl (C=O) groups is 1. The van der Waals surface area contributed by atoms with Gasteiger partial charge in [0.15, 0.2) is 0 Å². The summed E-state index contributed by atoms with van der Waals surface area (Å²) >= 11 is 0. The van der Waals surface area contributed by atoms with Crippen LogP contribution in [-0.4, -0.2) is 27.6 Å². The van der Waals surface area contributed by atoms with Crippen LogP contribution in [0.1, 0.15) is 41.0 Å². The first-order chi connectivity index (χ1) is 7.91. The van der Waals surface area contributed by atoms with Crippen molar-refractivity contribution in [3.05, 3.63) is 0 Å². The highest BCUT2D eigenvalue weighted by molar-refractivity contribution is 8.09. The Labute approximate surface area is 113 Å². The number of ether oxygens (including phenoxy) is 1. The van der Waals surface area contributed by atoms with Crippen LogP contribution >= 0.6 is 10.7 Å². The number of halogens is 1. The molecular formula is C11H21ClO5S. The van der Waals surface area contributed by atoms with Crippen molar-refractivity contribution in [2.75, 3.05) is 13.2 Å². The maximum atomic E-state index is 11.1. The van der Waals surface area contributed by atoms with E-state index in [-0.39, 0.29) is 19.2 Å². The molecule has 0 aliphatic heterocycles. The van der Waals surface area contributed by atoms with E-state index < -0.39 is 20.2 Å². The summed E-state index contributed by atoms with van der Waals surface area (Å²) in [5.74, 6) is -0.287. The molecule has 0 aromatic heterocycles. The van der Waals surface area contributed by atoms with E-state index in [1.54, 1.807) is 6.92 Å². The van der Waals surface area contributed by atoms with Crippen molar-refractivity contribution >= 4 is 26.0 Å². The molecule has 0 bridgehead atoms. The Morgan fingerprint density at radius 2 is 1.56 bits per heavy atom. The van der Waals surface area contributed by atoms with E-state index in [0.29, 0.717) is 6.42 Å². The van der Waals surface area contributed by atoms with Crippen molar-refractivity contribution in [2.45, 2.75) is 41.0 Å². The summed E-state index contributed by atoms with van der Waals surface area (Å²) in [6.45, 7) is 9.24. The molecule has 0 radical (unpaired) electrons. The average molecular weight is 301 g/mol. The van der Waals surface area contributed by atoms with Crippen molar-refractivity contribution in [3.8, 4) is 0 Å². The zero-order chi connectivity index (χ0) is 14.6. The summed E-state index contributed by atoms with van der Waals surface area (Å²) < 4.78 is 31.3. The monoisotopic (exact) mass is 300 g/mol. The zero-order valence-electron chi connectivity index (χ0n) is 11.4. The summed E-state index contributed by atoms with van der Waals surface area (Å²) in [5, 5.41) is 0. The van der Waals surface area contributed by atoms with Crippen molar-refractivity contribution in [1.82, 2.24) is 0 Å². The Kier molecular flexibility index (Phi) is 6.10. The number of carbonyl (C=O) groups excluding carboxylic acids is 1. The molecule has 0 aromatic rings. The molecule has 0 spiro atoms. The van der Waals surface area contributed by atoms with Gasteiger partial charge in [0.1, 0.15) is 0 Å². The molecule has 0 aliphatic rings. The quantitative estimate of drug-likeness (QED) is 0.533. The van der Waals surface area contributed by atoms with Crippen molar-refractivity contribution in [1.29, 1.82) is 0 Å². The molecule has 0 aliphatic carbocycles. The summed E-state index contributed by atoms with van der Waals surface area (Å²) in [6.07, 6.45) is 0.309. The van der Waals surface area contributed by atoms with Crippen LogP contribution in [-0.2, 0) is 23.0 Å². The fourth-order valence-corrected chi connectivity index (χ4v) is 1.54. The maximum absolute atomic E-state index is 11.1. The van der Waals surface area contributed by atoms with Crippen LogP contribution < -0.4 is 0 Å². The topological polar surface area (TPSA) is 69.7 Å². The fourth-order valence-electron chi connectivity index (χ4n) is 0.971. The summed E-state index contributed by atoms with van der Waals surface area (Å²) in [4.78, 5) is 11.1. The predicted octanol–water partition coefficient (Wildman–Crippen LogP) is 2.49. The van der Waals surface area contributed by atoms with Crippen molar-refractivity contribution in [2.24, 2.45) is 10.8 Å². The van der Waals surface area contributed by atoms with Gasteiger partial charge >= 0.3 is 15.3 Å². The molecule has 108 valence electrons. The van der Waals surface area contributed by atoms with E-state index in [4.69, 9.17) is 15.4 Å². The minimum absolute atomic E-state index is 0.0739. The molecule has 0 saturated heterocycles. The standard InChI is InChI=1S/C11H21ClO5S/c1-6-9(13)16-7-10(2,3)11(4,5)8-17-18(12,14)15/h6-8H2,1-5H3. The van der Waals surface area contributed by atoms with Crippen molar-refractivity contribution < 1.29 is 22.1 Å². The lowest BCUT2D eigenvalue weighted by Gasteiger charge is -2.40. The molecule has 0 fully saturated rings. The van der Waals surface area contributed by atoms with Gasteiger partial charge in [-0.2, -0.15) is 8.42 Å². The smallest absolute Gasteiger partial charge is 0.355 e. The lowest BCUT2D eigenvalue weighted by molar-refractivity contribution is -0.149. The second-order valence-electron chi connectivity index (χ2n) is 5.44. The highest BCUT2D eigenvalue weighted by Crippen LogP contribution is 2.39. The molecule has 0 N–H and O–H groups in total. The third-order valence-corrected chi connectivity index (χ3v) is 3.94. The third-order valence-electron chi connectivity index (χ3n) is 3.28. The van der Waals surface area contributed by atoms with E-state index in [1.807, 2.05) is 27.7 Å². The van der Waals surface area contributed by atoms with Crippen LogP contribution in [0.15, 0.2) is 0 Å². The first-order valence-corrected chi connectivity index (χ1v) is 7.89. The number of rotatable bonds is 7. The van der Waals surface area contributed by atoms with Crippen LogP contribution in [0.2, 0.25) is 0 Å². The molecule has 0 amide bonds. The van der Waals surface area contributed by atoms with Gasteiger partial charge in [0.2, 0.25) is 0 Å². The highest BCUT2D eigenvalue weighted by atomic mass is 35.7. The van der Waals surface area contributed by atoms with Crippen LogP contribution in [0.5, 0.6) is 0 Å². The molecule has 0 aromatic carbocycles. The minimum atomic E-state index is -3.99. The summed E-state index contributed by atoms with van der Waals surface area (Å²) in [6, 6.07) is 0. The first-order valence-electron chi connectivity index (χ1n) is 5.66. The van der Waals surface area contributed by atoms with Gasteiger partial charge in [0.05, 0.1) is 13.2 Å². The Morgan fingerprint density at radius 3 is 1.94 bits per heavy atom. The second-order valence-corrected chi connectivity index (χ2v) is 7.59. The Bertz CT molecular complexity index is 386. The molecule has 0 unspecified atom stereocenters. The van der Waals surface area contributed by atoms with Gasteiger partial charge in [-0.25, -0.2) is 0 Å². The first kappa shape index (κ1) is 17.7. The minimum Gasteiger partial charge on any atom is -0.465 e. The molecule has 18 heavy (non-hydrogen) atoms. The largest absolute Gasteiger partial charge is 0.465 e. The SMILES string of the molecule is CCC(=O)OCC(C)(C)C(C)(C)COS(=O)(=O)Cl. The van der Waals surface area contributed by atoms with Gasteiger partial charge in [-0.1, -0.05) is 34.6 Å². The second kappa shape index (κ2) is 6.21. The van der Waals surface area contributed by atoms with E-state index >= 15 is 0 Å². The highest BCUT2D eigenvalue weighted by Gasteiger charge is 2.39. The van der Waals surface area contributed by atoms with Gasteiger partial charge in [-0.05, 0) is 5.41 Å². The van der Waals surface area contributed by atoms with E-state index in [1.165, 1.54) is 0 Å². The molecule has 0 atom stereocenters. The van der Waals surface area contributed by atoms with Gasteiger partial charge in [-0.3, -0.25) is 8.98 Å². The van der Waals surface area contributed by atoms with Crippen molar-refractivity contribution in [3.63, 3.8) is 0 Å². The van der Waals surface area contributed by atoms with Gasteiger partial charge in [-0.15, -0.1) is 0 Å². The molecule has 7 heteroatoms. The fraction of sp³-hybridized carbons (Fsp3) is 0.909. The normalized spacial score (nSPS) is 13.4. The number of hydrogen-bond acceptors (Lipinski definition) is 5. The zero-order valence-corrected chi connectivity index (χ0v) is 13.0. The third kappa shape index (κ3) is 6.02. The van der Waals surface area contributed by atoms with E-state index in [9.17, 15) is 13.2 Å². The van der Waals surface area contributed by atoms with Crippen LogP contribution in [0.25, 0.3) is 0 Å². The summed E-state index contributed by atoms with van der Waals surface area (Å²) in [7, 11) is 1.01. The van der Waals surface area contributed by atoms with Crippen LogP contribution in [0.4, 0.5) is 0 Å². The predicted molar refractivity (Wildman–Crippen MR) is 69.5 cm³/mol. The van der Waals surface area contributed by atoms with Gasteiger partial charge < -0.3 is 4.74 Å². The number of hydrogen-bond donors (Lipinski definition) is 0. The summed E-state index contributed by atoms with van der Waals surface area (Å²) in [5.41, 5.74) is -0.970. The van der Waals surface area contributed by atoms with E-state index in [2.05, 4.69) is 4.18 Å². The van der Waals surface area contributed by atoms with Crippen LogP contribution in [0, 0.1) is 10.8 Å². The Balaban J connectivity index is 4.59. The van der Waals surface area contributed by atoms with Crippen LogP contribution in [0.3, 0.4) is 0 Å². The lowest BCUT2D eigenvalue weighted by atomic mass is 9.69. The maximum Gasteiger partial charge on any atom is 0.355 e. The van der Waals surface area contributed by atoms with E-state index in [0.717, 1.165) is 0 Å². The lowest BCUT2D eigenvalue weighted by Crippen LogP contribution is -2.41. The molecule has 0 saturated carbocycles. The molecule has 0 heterocycles. The Hall–Kier alpha value is -0.330. The molecule has 5 nitrogen and oxygen atoms in total.